The first-order valence-electron chi connectivity index (χ1n) is 4.24. The Labute approximate surface area is 82.6 Å². The molecule has 0 saturated carbocycles. The molecule has 14 heavy (non-hydrogen) atoms. The molecule has 4 nitrogen and oxygen atoms in total. The van der Waals surface area contributed by atoms with E-state index in [0.717, 1.165) is 11.3 Å². The lowest BCUT2D eigenvalue weighted by molar-refractivity contribution is -0.117. The summed E-state index contributed by atoms with van der Waals surface area (Å²) < 4.78 is 0. The maximum atomic E-state index is 10.4. The first-order valence-corrected chi connectivity index (χ1v) is 4.24. The molecular weight excluding hydrogens is 178 g/mol. The van der Waals surface area contributed by atoms with E-state index in [2.05, 4.69) is 5.43 Å². The second kappa shape index (κ2) is 5.04. The highest BCUT2D eigenvalue weighted by molar-refractivity contribution is 5.76. The molecule has 0 bridgehead atoms. The smallest absolute Gasteiger partial charge is 0.221 e. The Balaban J connectivity index is 2.59. The summed E-state index contributed by atoms with van der Waals surface area (Å²) in [6, 6.07) is 7.49. The monoisotopic (exact) mass is 191 g/mol. The number of hydrazine groups is 1. The number of anilines is 1. The molecule has 0 saturated heterocycles. The van der Waals surface area contributed by atoms with Crippen LogP contribution in [-0.2, 0) is 4.79 Å². The molecular formula is C10H13N3O. The number of carbonyl (C=O) groups excluding carboxylic acids is 1. The molecule has 74 valence electrons. The summed E-state index contributed by atoms with van der Waals surface area (Å²) in [6.07, 6.45) is 3.83. The van der Waals surface area contributed by atoms with Gasteiger partial charge in [0.15, 0.2) is 0 Å². The zero-order valence-electron chi connectivity index (χ0n) is 7.73. The Hall–Kier alpha value is -1.81. The molecule has 0 aromatic heterocycles. The van der Waals surface area contributed by atoms with Crippen LogP contribution in [0.2, 0.25) is 0 Å². The molecule has 1 aromatic carbocycles. The second-order valence-corrected chi connectivity index (χ2v) is 2.84. The maximum absolute atomic E-state index is 10.4. The Morgan fingerprint density at radius 1 is 1.36 bits per heavy atom. The second-order valence-electron chi connectivity index (χ2n) is 2.84. The number of nitrogen functional groups attached to an aromatic ring is 1. The number of primary amides is 1. The number of nitrogens with one attached hydrogen (secondary N) is 1. The number of carbonyl (C=O) groups is 1. The van der Waals surface area contributed by atoms with Crippen LogP contribution in [0.3, 0.4) is 0 Å². The van der Waals surface area contributed by atoms with Gasteiger partial charge in [-0.2, -0.15) is 0 Å². The fourth-order valence-corrected chi connectivity index (χ4v) is 1.00. The van der Waals surface area contributed by atoms with E-state index in [1.54, 1.807) is 6.08 Å². The van der Waals surface area contributed by atoms with Crippen LogP contribution in [0.1, 0.15) is 12.0 Å². The molecule has 1 rings (SSSR count). The van der Waals surface area contributed by atoms with E-state index < -0.39 is 0 Å². The molecule has 0 fully saturated rings. The first kappa shape index (κ1) is 10.3. The zero-order valence-corrected chi connectivity index (χ0v) is 7.73. The first-order chi connectivity index (χ1) is 6.72. The van der Waals surface area contributed by atoms with Crippen molar-refractivity contribution in [2.75, 3.05) is 5.43 Å². The fourth-order valence-electron chi connectivity index (χ4n) is 1.00. The third kappa shape index (κ3) is 3.28. The van der Waals surface area contributed by atoms with E-state index in [-0.39, 0.29) is 12.3 Å². The van der Waals surface area contributed by atoms with E-state index in [1.165, 1.54) is 0 Å². The lowest BCUT2D eigenvalue weighted by Crippen LogP contribution is -2.07. The average molecular weight is 191 g/mol. The molecule has 5 N–H and O–H groups in total. The van der Waals surface area contributed by atoms with Crippen LogP contribution in [0.4, 0.5) is 5.69 Å². The maximum Gasteiger partial charge on any atom is 0.221 e. The van der Waals surface area contributed by atoms with Gasteiger partial charge in [0, 0.05) is 12.1 Å². The number of hydrogen-bond donors (Lipinski definition) is 3. The molecule has 0 radical (unpaired) electrons. The largest absolute Gasteiger partial charge is 0.369 e. The highest BCUT2D eigenvalue weighted by Gasteiger charge is 1.90. The molecule has 0 unspecified atom stereocenters. The Morgan fingerprint density at radius 2 is 2.00 bits per heavy atom. The van der Waals surface area contributed by atoms with Crippen molar-refractivity contribution in [3.63, 3.8) is 0 Å². The molecule has 4 heteroatoms. The minimum absolute atomic E-state index is 0.261. The van der Waals surface area contributed by atoms with Crippen molar-refractivity contribution >= 4 is 17.7 Å². The third-order valence-corrected chi connectivity index (χ3v) is 1.71. The van der Waals surface area contributed by atoms with Crippen LogP contribution in [-0.4, -0.2) is 5.91 Å². The lowest BCUT2D eigenvalue weighted by Gasteiger charge is -1.98. The van der Waals surface area contributed by atoms with E-state index in [1.807, 2.05) is 30.3 Å². The van der Waals surface area contributed by atoms with Crippen LogP contribution < -0.4 is 17.0 Å². The van der Waals surface area contributed by atoms with Crippen molar-refractivity contribution in [1.29, 1.82) is 0 Å². The number of amides is 1. The van der Waals surface area contributed by atoms with E-state index in [9.17, 15) is 4.79 Å². The molecule has 0 spiro atoms. The Morgan fingerprint density at radius 3 is 2.50 bits per heavy atom. The topological polar surface area (TPSA) is 81.1 Å². The summed E-state index contributed by atoms with van der Waals surface area (Å²) in [5.41, 5.74) is 9.37. The van der Waals surface area contributed by atoms with Gasteiger partial charge in [-0.25, -0.2) is 0 Å². The minimum Gasteiger partial charge on any atom is -0.369 e. The van der Waals surface area contributed by atoms with Gasteiger partial charge >= 0.3 is 0 Å². The summed E-state index contributed by atoms with van der Waals surface area (Å²) in [7, 11) is 0. The van der Waals surface area contributed by atoms with Crippen LogP contribution in [0, 0.1) is 0 Å². The number of hydrogen-bond acceptors (Lipinski definition) is 3. The summed E-state index contributed by atoms with van der Waals surface area (Å²) in [6.45, 7) is 0. The SMILES string of the molecule is NNc1ccc(C=CCC(N)=O)cc1. The quantitative estimate of drug-likeness (QED) is 0.487. The normalized spacial score (nSPS) is 10.4. The lowest BCUT2D eigenvalue weighted by atomic mass is 10.2. The van der Waals surface area contributed by atoms with E-state index in [0.29, 0.717) is 0 Å². The minimum atomic E-state index is -0.332. The predicted molar refractivity (Wildman–Crippen MR) is 57.1 cm³/mol. The van der Waals surface area contributed by atoms with Crippen LogP contribution in [0.5, 0.6) is 0 Å². The van der Waals surface area contributed by atoms with Gasteiger partial charge in [-0.1, -0.05) is 24.3 Å². The predicted octanol–water partition coefficient (Wildman–Crippen LogP) is 0.861. The van der Waals surface area contributed by atoms with Gasteiger partial charge < -0.3 is 11.2 Å². The van der Waals surface area contributed by atoms with Crippen LogP contribution in [0.15, 0.2) is 30.3 Å². The van der Waals surface area contributed by atoms with Crippen LogP contribution in [0.25, 0.3) is 6.08 Å². The molecule has 1 aromatic rings. The van der Waals surface area contributed by atoms with Gasteiger partial charge in [0.05, 0.1) is 0 Å². The Kier molecular flexibility index (Phi) is 3.69. The number of benzene rings is 1. The number of rotatable bonds is 4. The fraction of sp³-hybridized carbons (Fsp3) is 0.100. The molecule has 1 amide bonds. The molecule has 0 aliphatic rings. The summed E-state index contributed by atoms with van der Waals surface area (Å²) in [5, 5.41) is 0. The molecule has 0 atom stereocenters. The summed E-state index contributed by atoms with van der Waals surface area (Å²) in [5.74, 6) is 4.88. The van der Waals surface area contributed by atoms with Crippen molar-refractivity contribution < 1.29 is 4.79 Å². The van der Waals surface area contributed by atoms with Crippen LogP contribution >= 0.6 is 0 Å². The summed E-state index contributed by atoms with van der Waals surface area (Å²) in [4.78, 5) is 10.4. The third-order valence-electron chi connectivity index (χ3n) is 1.71. The zero-order chi connectivity index (χ0) is 10.4. The van der Waals surface area contributed by atoms with Gasteiger partial charge in [0.2, 0.25) is 5.91 Å². The molecule has 0 aliphatic carbocycles. The molecule has 0 aliphatic heterocycles. The van der Waals surface area contributed by atoms with Gasteiger partial charge in [0.1, 0.15) is 0 Å². The van der Waals surface area contributed by atoms with Gasteiger partial charge in [-0.05, 0) is 17.7 Å². The van der Waals surface area contributed by atoms with E-state index >= 15 is 0 Å². The highest BCUT2D eigenvalue weighted by Crippen LogP contribution is 2.09. The molecule has 0 heterocycles. The average Bonchev–Trinajstić information content (AvgIpc) is 2.18. The van der Waals surface area contributed by atoms with Crippen molar-refractivity contribution in [2.24, 2.45) is 11.6 Å². The van der Waals surface area contributed by atoms with Crippen molar-refractivity contribution in [3.05, 3.63) is 35.9 Å². The summed E-state index contributed by atoms with van der Waals surface area (Å²) >= 11 is 0. The standard InChI is InChI=1S/C10H13N3O/c11-10(14)3-1-2-8-4-6-9(13-12)7-5-8/h1-2,4-7,13H,3,12H2,(H2,11,14). The van der Waals surface area contributed by atoms with Crippen molar-refractivity contribution in [1.82, 2.24) is 0 Å². The van der Waals surface area contributed by atoms with Crippen molar-refractivity contribution in [3.8, 4) is 0 Å². The van der Waals surface area contributed by atoms with Gasteiger partial charge in [0.25, 0.3) is 0 Å². The Bertz CT molecular complexity index is 330. The number of nitrogens with two attached hydrogens (primary N) is 2. The van der Waals surface area contributed by atoms with E-state index in [4.69, 9.17) is 11.6 Å². The van der Waals surface area contributed by atoms with Crippen molar-refractivity contribution in [2.45, 2.75) is 6.42 Å². The van der Waals surface area contributed by atoms with Gasteiger partial charge in [-0.3, -0.25) is 10.6 Å². The highest BCUT2D eigenvalue weighted by atomic mass is 16.1. The van der Waals surface area contributed by atoms with Gasteiger partial charge in [-0.15, -0.1) is 0 Å².